The maximum Gasteiger partial charge on any atom is 0.131 e. The highest BCUT2D eigenvalue weighted by atomic mass is 32.1. The zero-order chi connectivity index (χ0) is 14.4. The van der Waals surface area contributed by atoms with E-state index in [1.165, 1.54) is 11.6 Å². The Morgan fingerprint density at radius 2 is 2.05 bits per heavy atom. The smallest absolute Gasteiger partial charge is 0.131 e. The summed E-state index contributed by atoms with van der Waals surface area (Å²) in [6.07, 6.45) is 8.40. The molecule has 0 spiro atoms. The van der Waals surface area contributed by atoms with Crippen LogP contribution in [0.25, 0.3) is 16.0 Å². The first-order valence-corrected chi connectivity index (χ1v) is 7.98. The second-order valence-corrected chi connectivity index (χ2v) is 5.81. The van der Waals surface area contributed by atoms with Gasteiger partial charge in [0.1, 0.15) is 10.8 Å². The molecule has 3 heteroatoms. The van der Waals surface area contributed by atoms with Gasteiger partial charge in [0.05, 0.1) is 4.88 Å². The molecule has 0 unspecified atom stereocenters. The average Bonchev–Trinajstić information content (AvgIpc) is 2.93. The van der Waals surface area contributed by atoms with Crippen molar-refractivity contribution < 1.29 is 4.39 Å². The molecule has 1 nitrogen and oxygen atoms in total. The minimum Gasteiger partial charge on any atom is -0.244 e. The van der Waals surface area contributed by atoms with Gasteiger partial charge >= 0.3 is 0 Å². The standard InChI is InChI=1S/C17H20FNS/c1-3-5-9-13(8-4-2)17-19-12-16(20-17)14-10-6-7-11-15(14)18/h6-7,9-12H,3-5,8H2,1-2H3/b13-9+. The highest BCUT2D eigenvalue weighted by molar-refractivity contribution is 7.16. The van der Waals surface area contributed by atoms with E-state index in [2.05, 4.69) is 24.9 Å². The largest absolute Gasteiger partial charge is 0.244 e. The summed E-state index contributed by atoms with van der Waals surface area (Å²) in [7, 11) is 0. The number of unbranched alkanes of at least 4 members (excludes halogenated alkanes) is 1. The zero-order valence-electron chi connectivity index (χ0n) is 12.0. The number of hydrogen-bond acceptors (Lipinski definition) is 2. The van der Waals surface area contributed by atoms with E-state index in [1.54, 1.807) is 23.6 Å². The third-order valence-electron chi connectivity index (χ3n) is 3.12. The van der Waals surface area contributed by atoms with Gasteiger partial charge in [0, 0.05) is 11.8 Å². The van der Waals surface area contributed by atoms with Crippen molar-refractivity contribution in [1.82, 2.24) is 4.98 Å². The van der Waals surface area contributed by atoms with Crippen molar-refractivity contribution in [3.05, 3.63) is 47.4 Å². The quantitative estimate of drug-likeness (QED) is 0.642. The van der Waals surface area contributed by atoms with Gasteiger partial charge in [-0.25, -0.2) is 9.37 Å². The first-order chi connectivity index (χ1) is 9.76. The maximum atomic E-state index is 13.8. The molecule has 1 aromatic heterocycles. The summed E-state index contributed by atoms with van der Waals surface area (Å²) in [5, 5.41) is 1.03. The molecular formula is C17H20FNS. The lowest BCUT2D eigenvalue weighted by Crippen LogP contribution is -1.83. The number of rotatable bonds is 6. The zero-order valence-corrected chi connectivity index (χ0v) is 12.8. The Balaban J connectivity index is 2.30. The molecule has 2 aromatic rings. The first-order valence-electron chi connectivity index (χ1n) is 7.16. The maximum absolute atomic E-state index is 13.8. The molecule has 0 N–H and O–H groups in total. The minimum atomic E-state index is -0.183. The predicted octanol–water partition coefficient (Wildman–Crippen LogP) is 5.93. The van der Waals surface area contributed by atoms with Gasteiger partial charge in [-0.15, -0.1) is 11.3 Å². The molecule has 0 aliphatic rings. The minimum absolute atomic E-state index is 0.183. The van der Waals surface area contributed by atoms with Crippen molar-refractivity contribution in [1.29, 1.82) is 0 Å². The van der Waals surface area contributed by atoms with Crippen LogP contribution in [0.1, 0.15) is 44.5 Å². The lowest BCUT2D eigenvalue weighted by atomic mass is 10.1. The fourth-order valence-electron chi connectivity index (χ4n) is 2.09. The number of halogens is 1. The molecule has 1 aromatic carbocycles. The molecule has 20 heavy (non-hydrogen) atoms. The lowest BCUT2D eigenvalue weighted by Gasteiger charge is -2.02. The monoisotopic (exact) mass is 289 g/mol. The SMILES string of the molecule is CCC/C=C(\CCC)c1ncc(-c2ccccc2F)s1. The van der Waals surface area contributed by atoms with Gasteiger partial charge in [0.25, 0.3) is 0 Å². The van der Waals surface area contributed by atoms with Crippen LogP contribution in [0, 0.1) is 5.82 Å². The van der Waals surface area contributed by atoms with E-state index in [4.69, 9.17) is 0 Å². The molecule has 0 saturated heterocycles. The van der Waals surface area contributed by atoms with Gasteiger partial charge in [-0.05, 0) is 24.5 Å². The van der Waals surface area contributed by atoms with E-state index < -0.39 is 0 Å². The van der Waals surface area contributed by atoms with Crippen molar-refractivity contribution in [2.24, 2.45) is 0 Å². The van der Waals surface area contributed by atoms with Crippen LogP contribution in [-0.4, -0.2) is 4.98 Å². The van der Waals surface area contributed by atoms with Crippen LogP contribution in [0.3, 0.4) is 0 Å². The van der Waals surface area contributed by atoms with E-state index in [0.29, 0.717) is 5.56 Å². The summed E-state index contributed by atoms with van der Waals surface area (Å²) < 4.78 is 13.8. The summed E-state index contributed by atoms with van der Waals surface area (Å²) in [5.41, 5.74) is 1.93. The Labute approximate surface area is 124 Å². The average molecular weight is 289 g/mol. The molecule has 0 atom stereocenters. The van der Waals surface area contributed by atoms with Gasteiger partial charge < -0.3 is 0 Å². The Hall–Kier alpha value is -1.48. The van der Waals surface area contributed by atoms with E-state index in [-0.39, 0.29) is 5.82 Å². The number of aromatic nitrogens is 1. The Bertz CT molecular complexity index is 586. The van der Waals surface area contributed by atoms with Crippen molar-refractivity contribution in [3.63, 3.8) is 0 Å². The highest BCUT2D eigenvalue weighted by Crippen LogP contribution is 2.32. The molecule has 0 saturated carbocycles. The van der Waals surface area contributed by atoms with Gasteiger partial charge in [-0.1, -0.05) is 51.0 Å². The Kier molecular flexibility index (Phi) is 5.48. The highest BCUT2D eigenvalue weighted by Gasteiger charge is 2.11. The van der Waals surface area contributed by atoms with Crippen LogP contribution < -0.4 is 0 Å². The summed E-state index contributed by atoms with van der Waals surface area (Å²) in [6.45, 7) is 4.35. The summed E-state index contributed by atoms with van der Waals surface area (Å²) >= 11 is 1.58. The Morgan fingerprint density at radius 3 is 2.75 bits per heavy atom. The lowest BCUT2D eigenvalue weighted by molar-refractivity contribution is 0.631. The normalized spacial score (nSPS) is 11.8. The van der Waals surface area contributed by atoms with Gasteiger partial charge in [-0.3, -0.25) is 0 Å². The number of hydrogen-bond donors (Lipinski definition) is 0. The van der Waals surface area contributed by atoms with E-state index in [0.717, 1.165) is 35.6 Å². The van der Waals surface area contributed by atoms with Crippen molar-refractivity contribution in [2.75, 3.05) is 0 Å². The Morgan fingerprint density at radius 1 is 1.25 bits per heavy atom. The van der Waals surface area contributed by atoms with Crippen LogP contribution in [0.5, 0.6) is 0 Å². The number of benzene rings is 1. The van der Waals surface area contributed by atoms with Gasteiger partial charge in [-0.2, -0.15) is 0 Å². The third-order valence-corrected chi connectivity index (χ3v) is 4.22. The molecule has 0 fully saturated rings. The third kappa shape index (κ3) is 3.54. The van der Waals surface area contributed by atoms with Crippen LogP contribution in [0.2, 0.25) is 0 Å². The topological polar surface area (TPSA) is 12.9 Å². The van der Waals surface area contributed by atoms with E-state index >= 15 is 0 Å². The van der Waals surface area contributed by atoms with Crippen LogP contribution in [0.4, 0.5) is 4.39 Å². The predicted molar refractivity (Wildman–Crippen MR) is 85.3 cm³/mol. The van der Waals surface area contributed by atoms with Crippen molar-refractivity contribution in [3.8, 4) is 10.4 Å². The molecule has 106 valence electrons. The van der Waals surface area contributed by atoms with Crippen molar-refractivity contribution >= 4 is 16.9 Å². The summed E-state index contributed by atoms with van der Waals surface area (Å²) in [4.78, 5) is 5.39. The number of nitrogens with zero attached hydrogens (tertiary/aromatic N) is 1. The molecular weight excluding hydrogens is 269 g/mol. The van der Waals surface area contributed by atoms with Gasteiger partial charge in [0.2, 0.25) is 0 Å². The second kappa shape index (κ2) is 7.34. The fourth-order valence-corrected chi connectivity index (χ4v) is 3.10. The van der Waals surface area contributed by atoms with Crippen LogP contribution in [-0.2, 0) is 0 Å². The number of thiazole rings is 1. The van der Waals surface area contributed by atoms with E-state index in [9.17, 15) is 4.39 Å². The van der Waals surface area contributed by atoms with Crippen LogP contribution >= 0.6 is 11.3 Å². The molecule has 1 heterocycles. The molecule has 0 aliphatic heterocycles. The van der Waals surface area contributed by atoms with Gasteiger partial charge in [0.15, 0.2) is 0 Å². The molecule has 0 aliphatic carbocycles. The molecule has 0 amide bonds. The first kappa shape index (κ1) is 14.9. The van der Waals surface area contributed by atoms with E-state index in [1.807, 2.05) is 12.1 Å². The molecule has 2 rings (SSSR count). The molecule has 0 radical (unpaired) electrons. The fraction of sp³-hybridized carbons (Fsp3) is 0.353. The number of allylic oxidation sites excluding steroid dienone is 2. The second-order valence-electron chi connectivity index (χ2n) is 4.78. The van der Waals surface area contributed by atoms with Crippen molar-refractivity contribution in [2.45, 2.75) is 39.5 Å². The molecule has 0 bridgehead atoms. The summed E-state index contributed by atoms with van der Waals surface area (Å²) in [5.74, 6) is -0.183. The van der Waals surface area contributed by atoms with Crippen LogP contribution in [0.15, 0.2) is 36.5 Å². The summed E-state index contributed by atoms with van der Waals surface area (Å²) in [6, 6.07) is 6.87.